The van der Waals surface area contributed by atoms with Gasteiger partial charge in [0.15, 0.2) is 11.5 Å². The van der Waals surface area contributed by atoms with Crippen molar-refractivity contribution in [2.24, 2.45) is 0 Å². The smallest absolute Gasteiger partial charge is 0.293 e. The van der Waals surface area contributed by atoms with E-state index in [1.54, 1.807) is 37.3 Å². The molecule has 1 heterocycles. The fourth-order valence-electron chi connectivity index (χ4n) is 2.50. The summed E-state index contributed by atoms with van der Waals surface area (Å²) in [7, 11) is 0. The number of rotatable bonds is 5. The van der Waals surface area contributed by atoms with Gasteiger partial charge in [-0.05, 0) is 82.7 Å². The summed E-state index contributed by atoms with van der Waals surface area (Å²) in [6.07, 6.45) is 1.60. The van der Waals surface area contributed by atoms with E-state index in [1.807, 2.05) is 22.6 Å². The maximum Gasteiger partial charge on any atom is 0.293 e. The van der Waals surface area contributed by atoms with Crippen LogP contribution in [0.1, 0.15) is 18.1 Å². The van der Waals surface area contributed by atoms with Gasteiger partial charge in [-0.3, -0.25) is 14.5 Å². The highest BCUT2D eigenvalue weighted by molar-refractivity contribution is 14.1. The van der Waals surface area contributed by atoms with Gasteiger partial charge >= 0.3 is 0 Å². The Kier molecular flexibility index (Phi) is 6.05. The topological polar surface area (TPSA) is 66.8 Å². The van der Waals surface area contributed by atoms with Gasteiger partial charge in [0.2, 0.25) is 0 Å². The van der Waals surface area contributed by atoms with Crippen molar-refractivity contribution < 1.29 is 23.8 Å². The second-order valence-electron chi connectivity index (χ2n) is 5.68. The van der Waals surface area contributed by atoms with E-state index in [0.717, 1.165) is 16.7 Å². The summed E-state index contributed by atoms with van der Waals surface area (Å²) in [5.41, 5.74) is 1.31. The molecular weight excluding hydrogens is 484 g/mol. The minimum Gasteiger partial charge on any atom is -0.504 e. The molecule has 0 spiro atoms. The van der Waals surface area contributed by atoms with Gasteiger partial charge in [0.25, 0.3) is 11.1 Å². The minimum absolute atomic E-state index is 0.0408. The zero-order valence-corrected chi connectivity index (χ0v) is 17.2. The highest BCUT2D eigenvalue weighted by atomic mass is 127. The number of hydrogen-bond acceptors (Lipinski definition) is 5. The molecule has 2 amide bonds. The number of thioether (sulfide) groups is 1. The van der Waals surface area contributed by atoms with Gasteiger partial charge in [-0.25, -0.2) is 4.39 Å². The highest BCUT2D eigenvalue weighted by Crippen LogP contribution is 2.37. The molecule has 0 unspecified atom stereocenters. The van der Waals surface area contributed by atoms with Crippen molar-refractivity contribution in [2.75, 3.05) is 6.61 Å². The summed E-state index contributed by atoms with van der Waals surface area (Å²) in [6, 6.07) is 8.98. The number of halogens is 2. The van der Waals surface area contributed by atoms with Crippen LogP contribution in [0.3, 0.4) is 0 Å². The van der Waals surface area contributed by atoms with Crippen LogP contribution in [0.25, 0.3) is 6.08 Å². The number of carbonyl (C=O) groups is 2. The Balaban J connectivity index is 1.85. The van der Waals surface area contributed by atoms with Crippen LogP contribution in [0.4, 0.5) is 9.18 Å². The van der Waals surface area contributed by atoms with Crippen LogP contribution in [0.2, 0.25) is 0 Å². The van der Waals surface area contributed by atoms with Gasteiger partial charge in [-0.2, -0.15) is 0 Å². The average molecular weight is 499 g/mol. The number of amides is 2. The van der Waals surface area contributed by atoms with E-state index in [1.165, 1.54) is 12.1 Å². The molecule has 0 atom stereocenters. The van der Waals surface area contributed by atoms with E-state index < -0.39 is 5.91 Å². The second kappa shape index (κ2) is 8.30. The molecule has 27 heavy (non-hydrogen) atoms. The molecule has 140 valence electrons. The van der Waals surface area contributed by atoms with Crippen molar-refractivity contribution in [3.8, 4) is 11.5 Å². The monoisotopic (exact) mass is 499 g/mol. The Morgan fingerprint density at radius 2 is 1.96 bits per heavy atom. The van der Waals surface area contributed by atoms with E-state index in [0.29, 0.717) is 27.1 Å². The number of imide groups is 1. The fraction of sp³-hybridized carbons (Fsp3) is 0.158. The first-order chi connectivity index (χ1) is 12.9. The van der Waals surface area contributed by atoms with E-state index >= 15 is 0 Å². The largest absolute Gasteiger partial charge is 0.504 e. The number of carbonyl (C=O) groups excluding carboxylic acids is 2. The van der Waals surface area contributed by atoms with Crippen molar-refractivity contribution in [3.63, 3.8) is 0 Å². The molecule has 1 N–H and O–H groups in total. The van der Waals surface area contributed by atoms with Crippen molar-refractivity contribution in [1.29, 1.82) is 0 Å². The summed E-state index contributed by atoms with van der Waals surface area (Å²) in [6.45, 7) is 2.28. The van der Waals surface area contributed by atoms with Gasteiger partial charge in [-0.15, -0.1) is 0 Å². The predicted octanol–water partition coefficient (Wildman–Crippen LogP) is 4.77. The Bertz CT molecular complexity index is 930. The lowest BCUT2D eigenvalue weighted by molar-refractivity contribution is -0.123. The number of nitrogens with zero attached hydrogens (tertiary/aromatic N) is 1. The standard InChI is InChI=1S/C19H15FINO4S/c1-2-26-15-8-12(7-14(21)17(15)23)9-16-18(24)22(19(25)27-16)10-11-3-5-13(20)6-4-11/h3-9,23H,2,10H2,1H3/b16-9-. The SMILES string of the molecule is CCOc1cc(/C=C2\SC(=O)N(Cc3ccc(F)cc3)C2=O)cc(I)c1O. The quantitative estimate of drug-likeness (QED) is 0.475. The normalized spacial score (nSPS) is 15.7. The molecule has 0 aliphatic carbocycles. The van der Waals surface area contributed by atoms with Gasteiger partial charge in [0, 0.05) is 0 Å². The van der Waals surface area contributed by atoms with E-state index in [-0.39, 0.29) is 28.3 Å². The summed E-state index contributed by atoms with van der Waals surface area (Å²) < 4.78 is 19.0. The summed E-state index contributed by atoms with van der Waals surface area (Å²) >= 11 is 2.82. The van der Waals surface area contributed by atoms with Crippen LogP contribution in [0, 0.1) is 9.39 Å². The number of hydrogen-bond donors (Lipinski definition) is 1. The fourth-order valence-corrected chi connectivity index (χ4v) is 3.97. The lowest BCUT2D eigenvalue weighted by Crippen LogP contribution is -2.27. The first-order valence-electron chi connectivity index (χ1n) is 8.04. The minimum atomic E-state index is -0.407. The Hall–Kier alpha value is -2.07. The third-order valence-electron chi connectivity index (χ3n) is 3.78. The zero-order valence-electron chi connectivity index (χ0n) is 14.2. The maximum atomic E-state index is 13.0. The van der Waals surface area contributed by atoms with Crippen molar-refractivity contribution in [1.82, 2.24) is 4.90 Å². The Labute approximate surface area is 173 Å². The molecule has 0 bridgehead atoms. The Morgan fingerprint density at radius 3 is 2.63 bits per heavy atom. The molecule has 0 radical (unpaired) electrons. The molecule has 0 saturated carbocycles. The van der Waals surface area contributed by atoms with Gasteiger partial charge < -0.3 is 9.84 Å². The second-order valence-corrected chi connectivity index (χ2v) is 7.83. The van der Waals surface area contributed by atoms with Gasteiger partial charge in [0.05, 0.1) is 21.6 Å². The van der Waals surface area contributed by atoms with Crippen LogP contribution in [-0.4, -0.2) is 27.8 Å². The third-order valence-corrected chi connectivity index (χ3v) is 5.51. The predicted molar refractivity (Wildman–Crippen MR) is 110 cm³/mol. The number of phenolic OH excluding ortho intramolecular Hbond substituents is 1. The van der Waals surface area contributed by atoms with Crippen LogP contribution in [0.5, 0.6) is 11.5 Å². The molecule has 1 aliphatic heterocycles. The first-order valence-corrected chi connectivity index (χ1v) is 9.93. The molecule has 0 aromatic heterocycles. The van der Waals surface area contributed by atoms with Crippen LogP contribution in [0.15, 0.2) is 41.3 Å². The first kappa shape index (κ1) is 19.7. The Morgan fingerprint density at radius 1 is 1.26 bits per heavy atom. The van der Waals surface area contributed by atoms with Crippen LogP contribution < -0.4 is 4.74 Å². The lowest BCUT2D eigenvalue weighted by Gasteiger charge is -2.12. The highest BCUT2D eigenvalue weighted by Gasteiger charge is 2.35. The lowest BCUT2D eigenvalue weighted by atomic mass is 10.1. The molecule has 5 nitrogen and oxygen atoms in total. The molecule has 1 aliphatic rings. The molecule has 2 aromatic carbocycles. The number of phenols is 1. The van der Waals surface area contributed by atoms with Crippen molar-refractivity contribution in [2.45, 2.75) is 13.5 Å². The van der Waals surface area contributed by atoms with Crippen LogP contribution >= 0.6 is 34.4 Å². The van der Waals surface area contributed by atoms with Crippen molar-refractivity contribution in [3.05, 3.63) is 61.8 Å². The number of benzene rings is 2. The number of aromatic hydroxyl groups is 1. The van der Waals surface area contributed by atoms with E-state index in [9.17, 15) is 19.1 Å². The summed E-state index contributed by atoms with van der Waals surface area (Å²) in [5.74, 6) is -0.421. The van der Waals surface area contributed by atoms with Gasteiger partial charge in [-0.1, -0.05) is 12.1 Å². The van der Waals surface area contributed by atoms with Crippen molar-refractivity contribution >= 4 is 51.6 Å². The maximum absolute atomic E-state index is 13.0. The molecule has 3 rings (SSSR count). The third kappa shape index (κ3) is 4.44. The van der Waals surface area contributed by atoms with E-state index in [4.69, 9.17) is 4.74 Å². The zero-order chi connectivity index (χ0) is 19.6. The summed E-state index contributed by atoms with van der Waals surface area (Å²) in [5, 5.41) is 9.64. The molecular formula is C19H15FINO4S. The summed E-state index contributed by atoms with van der Waals surface area (Å²) in [4.78, 5) is 26.3. The molecule has 8 heteroatoms. The molecule has 1 fully saturated rings. The molecule has 2 aromatic rings. The van der Waals surface area contributed by atoms with Gasteiger partial charge in [0.1, 0.15) is 5.82 Å². The number of ether oxygens (including phenoxy) is 1. The van der Waals surface area contributed by atoms with E-state index in [2.05, 4.69) is 0 Å². The molecule has 1 saturated heterocycles. The van der Waals surface area contributed by atoms with Crippen LogP contribution in [-0.2, 0) is 11.3 Å². The average Bonchev–Trinajstić information content (AvgIpc) is 2.88.